The van der Waals surface area contributed by atoms with Gasteiger partial charge in [0.15, 0.2) is 0 Å². The molecule has 0 spiro atoms. The number of hydrogen-bond acceptors (Lipinski definition) is 2. The Kier molecular flexibility index (Phi) is 5.16. The molecule has 110 valence electrons. The largest absolute Gasteiger partial charge is 0.339 e. The van der Waals surface area contributed by atoms with Crippen molar-refractivity contribution in [2.45, 2.75) is 25.8 Å². The van der Waals surface area contributed by atoms with Crippen molar-refractivity contribution in [2.24, 2.45) is 0 Å². The lowest BCUT2D eigenvalue weighted by atomic mass is 10.0. The summed E-state index contributed by atoms with van der Waals surface area (Å²) in [5, 5.41) is 0. The maximum absolute atomic E-state index is 13.5. The van der Waals surface area contributed by atoms with Crippen molar-refractivity contribution in [3.63, 3.8) is 0 Å². The Balaban J connectivity index is 2.07. The van der Waals surface area contributed by atoms with Crippen LogP contribution in [0.3, 0.4) is 0 Å². The maximum Gasteiger partial charge on any atom is 0.255 e. The van der Waals surface area contributed by atoms with Gasteiger partial charge in [0.25, 0.3) is 5.91 Å². The summed E-state index contributed by atoms with van der Waals surface area (Å²) < 4.78 is 13.8. The first-order valence-corrected chi connectivity index (χ1v) is 7.77. The summed E-state index contributed by atoms with van der Waals surface area (Å²) in [5.41, 5.74) is 0.394. The van der Waals surface area contributed by atoms with Crippen LogP contribution in [0.4, 0.5) is 4.39 Å². The number of likely N-dealkylation sites (tertiary alicyclic amines) is 1. The standard InChI is InChI=1S/C15H20BrFN2O/c1-3-19-9-7-11(8-10-19)18(2)15(20)12-5-4-6-13(17)14(12)16/h4-6,11H,3,7-10H2,1-2H3. The lowest BCUT2D eigenvalue weighted by molar-refractivity contribution is 0.0645. The highest BCUT2D eigenvalue weighted by molar-refractivity contribution is 9.10. The monoisotopic (exact) mass is 342 g/mol. The second kappa shape index (κ2) is 6.68. The van der Waals surface area contributed by atoms with E-state index in [0.29, 0.717) is 5.56 Å². The van der Waals surface area contributed by atoms with Crippen LogP contribution >= 0.6 is 15.9 Å². The van der Waals surface area contributed by atoms with Crippen molar-refractivity contribution < 1.29 is 9.18 Å². The van der Waals surface area contributed by atoms with E-state index in [1.54, 1.807) is 17.0 Å². The molecule has 0 atom stereocenters. The molecular weight excluding hydrogens is 323 g/mol. The molecule has 0 bridgehead atoms. The minimum Gasteiger partial charge on any atom is -0.339 e. The van der Waals surface area contributed by atoms with Gasteiger partial charge in [-0.2, -0.15) is 0 Å². The normalized spacial score (nSPS) is 17.2. The zero-order valence-electron chi connectivity index (χ0n) is 11.9. The second-order valence-corrected chi connectivity index (χ2v) is 5.98. The summed E-state index contributed by atoms with van der Waals surface area (Å²) in [7, 11) is 1.81. The van der Waals surface area contributed by atoms with Crippen LogP contribution in [0.2, 0.25) is 0 Å². The van der Waals surface area contributed by atoms with E-state index in [0.717, 1.165) is 32.5 Å². The van der Waals surface area contributed by atoms with Gasteiger partial charge in [0.1, 0.15) is 5.82 Å². The first-order chi connectivity index (χ1) is 9.54. The molecule has 1 saturated heterocycles. The van der Waals surface area contributed by atoms with E-state index in [1.165, 1.54) is 6.07 Å². The highest BCUT2D eigenvalue weighted by Crippen LogP contribution is 2.24. The molecule has 5 heteroatoms. The van der Waals surface area contributed by atoms with Crippen LogP contribution < -0.4 is 0 Å². The van der Waals surface area contributed by atoms with Crippen molar-refractivity contribution in [3.05, 3.63) is 34.1 Å². The number of piperidine rings is 1. The Morgan fingerprint density at radius 1 is 1.45 bits per heavy atom. The highest BCUT2D eigenvalue weighted by Gasteiger charge is 2.26. The zero-order valence-corrected chi connectivity index (χ0v) is 13.5. The molecule has 1 amide bonds. The minimum atomic E-state index is -0.398. The summed E-state index contributed by atoms with van der Waals surface area (Å²) in [4.78, 5) is 16.6. The molecule has 3 nitrogen and oxygen atoms in total. The van der Waals surface area contributed by atoms with Crippen molar-refractivity contribution >= 4 is 21.8 Å². The number of hydrogen-bond donors (Lipinski definition) is 0. The van der Waals surface area contributed by atoms with Crippen molar-refractivity contribution in [1.29, 1.82) is 0 Å². The summed E-state index contributed by atoms with van der Waals surface area (Å²) in [6.07, 6.45) is 1.95. The lowest BCUT2D eigenvalue weighted by Gasteiger charge is -2.36. The number of nitrogens with zero attached hydrogens (tertiary/aromatic N) is 2. The van der Waals surface area contributed by atoms with Gasteiger partial charge in [0, 0.05) is 26.2 Å². The summed E-state index contributed by atoms with van der Waals surface area (Å²) >= 11 is 3.16. The van der Waals surface area contributed by atoms with Gasteiger partial charge in [-0.1, -0.05) is 13.0 Å². The van der Waals surface area contributed by atoms with Crippen LogP contribution in [0, 0.1) is 5.82 Å². The predicted octanol–water partition coefficient (Wildman–Crippen LogP) is 3.14. The number of halogens is 2. The van der Waals surface area contributed by atoms with E-state index in [2.05, 4.69) is 27.8 Å². The molecule has 1 heterocycles. The molecule has 1 aromatic rings. The number of rotatable bonds is 3. The fraction of sp³-hybridized carbons (Fsp3) is 0.533. The molecular formula is C15H20BrFN2O. The van der Waals surface area contributed by atoms with Gasteiger partial charge in [-0.05, 0) is 47.4 Å². The van der Waals surface area contributed by atoms with Crippen LogP contribution in [-0.2, 0) is 0 Å². The van der Waals surface area contributed by atoms with Gasteiger partial charge < -0.3 is 9.80 Å². The van der Waals surface area contributed by atoms with Gasteiger partial charge >= 0.3 is 0 Å². The third-order valence-corrected chi connectivity index (χ3v) is 4.86. The topological polar surface area (TPSA) is 23.6 Å². The molecule has 0 saturated carbocycles. The van der Waals surface area contributed by atoms with Crippen LogP contribution in [-0.4, -0.2) is 48.4 Å². The Bertz CT molecular complexity index is 487. The van der Waals surface area contributed by atoms with E-state index in [-0.39, 0.29) is 16.4 Å². The summed E-state index contributed by atoms with van der Waals surface area (Å²) in [6.45, 7) is 5.24. The van der Waals surface area contributed by atoms with E-state index in [4.69, 9.17) is 0 Å². The van der Waals surface area contributed by atoms with E-state index >= 15 is 0 Å². The fourth-order valence-corrected chi connectivity index (χ4v) is 3.08. The van der Waals surface area contributed by atoms with Gasteiger partial charge in [0.2, 0.25) is 0 Å². The SMILES string of the molecule is CCN1CCC(N(C)C(=O)c2cccc(F)c2Br)CC1. The van der Waals surface area contributed by atoms with Crippen LogP contribution in [0.15, 0.2) is 22.7 Å². The van der Waals surface area contributed by atoms with Gasteiger partial charge in [-0.15, -0.1) is 0 Å². The van der Waals surface area contributed by atoms with E-state index in [9.17, 15) is 9.18 Å². The predicted molar refractivity (Wildman–Crippen MR) is 81.3 cm³/mol. The average molecular weight is 343 g/mol. The molecule has 1 fully saturated rings. The quantitative estimate of drug-likeness (QED) is 0.842. The summed E-state index contributed by atoms with van der Waals surface area (Å²) in [5.74, 6) is -0.517. The highest BCUT2D eigenvalue weighted by atomic mass is 79.9. The van der Waals surface area contributed by atoms with Crippen molar-refractivity contribution in [2.75, 3.05) is 26.7 Å². The molecule has 0 aliphatic carbocycles. The minimum absolute atomic E-state index is 0.119. The summed E-state index contributed by atoms with van der Waals surface area (Å²) in [6, 6.07) is 4.81. The molecule has 2 rings (SSSR count). The Hall–Kier alpha value is -0.940. The molecule has 1 aliphatic rings. The number of carbonyl (C=O) groups excluding carboxylic acids is 1. The molecule has 20 heavy (non-hydrogen) atoms. The number of amides is 1. The van der Waals surface area contributed by atoms with Crippen LogP contribution in [0.25, 0.3) is 0 Å². The average Bonchev–Trinajstić information content (AvgIpc) is 2.48. The zero-order chi connectivity index (χ0) is 14.7. The van der Waals surface area contributed by atoms with Crippen LogP contribution in [0.5, 0.6) is 0 Å². The third kappa shape index (κ3) is 3.20. The molecule has 0 unspecified atom stereocenters. The third-order valence-electron chi connectivity index (χ3n) is 4.05. The second-order valence-electron chi connectivity index (χ2n) is 5.18. The van der Waals surface area contributed by atoms with Crippen molar-refractivity contribution in [1.82, 2.24) is 9.80 Å². The smallest absolute Gasteiger partial charge is 0.255 e. The first-order valence-electron chi connectivity index (χ1n) is 6.98. The Morgan fingerprint density at radius 3 is 2.70 bits per heavy atom. The molecule has 0 radical (unpaired) electrons. The van der Waals surface area contributed by atoms with Crippen LogP contribution in [0.1, 0.15) is 30.1 Å². The van der Waals surface area contributed by atoms with E-state index in [1.807, 2.05) is 7.05 Å². The van der Waals surface area contributed by atoms with E-state index < -0.39 is 5.82 Å². The van der Waals surface area contributed by atoms with Gasteiger partial charge in [0.05, 0.1) is 10.0 Å². The Labute approximate surface area is 127 Å². The maximum atomic E-state index is 13.5. The molecule has 0 aromatic heterocycles. The molecule has 0 N–H and O–H groups in total. The number of benzene rings is 1. The lowest BCUT2D eigenvalue weighted by Crippen LogP contribution is -2.45. The Morgan fingerprint density at radius 2 is 2.10 bits per heavy atom. The molecule has 1 aliphatic heterocycles. The van der Waals surface area contributed by atoms with Crippen molar-refractivity contribution in [3.8, 4) is 0 Å². The number of carbonyl (C=O) groups is 1. The molecule has 1 aromatic carbocycles. The van der Waals surface area contributed by atoms with Gasteiger partial charge in [-0.3, -0.25) is 4.79 Å². The first kappa shape index (κ1) is 15.4. The fourth-order valence-electron chi connectivity index (χ4n) is 2.65. The van der Waals surface area contributed by atoms with Gasteiger partial charge in [-0.25, -0.2) is 4.39 Å².